The number of nitrogens with one attached hydrogen (secondary N) is 1. The van der Waals surface area contributed by atoms with Crippen LogP contribution in [0.3, 0.4) is 0 Å². The summed E-state index contributed by atoms with van der Waals surface area (Å²) >= 11 is 17.9. The Kier molecular flexibility index (Phi) is 4.99. The molecule has 24 heavy (non-hydrogen) atoms. The maximum absolute atomic E-state index is 12.4. The first kappa shape index (κ1) is 17.1. The van der Waals surface area contributed by atoms with E-state index in [4.69, 9.17) is 34.8 Å². The van der Waals surface area contributed by atoms with Gasteiger partial charge in [0.15, 0.2) is 0 Å². The molecule has 2 aromatic carbocycles. The fourth-order valence-electron chi connectivity index (χ4n) is 2.59. The Bertz CT molecular complexity index is 793. The Morgan fingerprint density at radius 1 is 1.04 bits per heavy atom. The van der Waals surface area contributed by atoms with Crippen molar-refractivity contribution in [1.29, 1.82) is 0 Å². The maximum Gasteiger partial charge on any atom is 0.229 e. The molecule has 7 heteroatoms. The van der Waals surface area contributed by atoms with Crippen LogP contribution < -0.4 is 10.2 Å². The number of halogens is 3. The van der Waals surface area contributed by atoms with E-state index < -0.39 is 5.92 Å². The molecule has 1 fully saturated rings. The minimum absolute atomic E-state index is 0.127. The number of hydrogen-bond donors (Lipinski definition) is 1. The summed E-state index contributed by atoms with van der Waals surface area (Å²) < 4.78 is 0. The second kappa shape index (κ2) is 7.01. The van der Waals surface area contributed by atoms with E-state index in [1.54, 1.807) is 42.5 Å². The van der Waals surface area contributed by atoms with Crippen molar-refractivity contribution in [3.63, 3.8) is 0 Å². The average Bonchev–Trinajstić information content (AvgIpc) is 2.94. The lowest BCUT2D eigenvalue weighted by Gasteiger charge is -2.18. The number of hydrogen-bond acceptors (Lipinski definition) is 2. The molecule has 0 saturated carbocycles. The van der Waals surface area contributed by atoms with Crippen LogP contribution in [-0.2, 0) is 9.59 Å². The van der Waals surface area contributed by atoms with E-state index in [9.17, 15) is 9.59 Å². The molecule has 0 radical (unpaired) electrons. The van der Waals surface area contributed by atoms with Crippen molar-refractivity contribution in [1.82, 2.24) is 0 Å². The summed E-state index contributed by atoms with van der Waals surface area (Å²) in [5, 5.41) is 4.29. The predicted octanol–water partition coefficient (Wildman–Crippen LogP) is 4.64. The Morgan fingerprint density at radius 2 is 1.71 bits per heavy atom. The van der Waals surface area contributed by atoms with Gasteiger partial charge in [-0.1, -0.05) is 34.8 Å². The van der Waals surface area contributed by atoms with Crippen molar-refractivity contribution >= 4 is 58.0 Å². The first-order chi connectivity index (χ1) is 11.4. The van der Waals surface area contributed by atoms with Gasteiger partial charge in [-0.25, -0.2) is 0 Å². The number of anilines is 2. The molecule has 1 N–H and O–H groups in total. The highest BCUT2D eigenvalue weighted by molar-refractivity contribution is 6.36. The van der Waals surface area contributed by atoms with Crippen LogP contribution in [-0.4, -0.2) is 18.4 Å². The Morgan fingerprint density at radius 3 is 2.42 bits per heavy atom. The summed E-state index contributed by atoms with van der Waals surface area (Å²) in [6, 6.07) is 11.7. The van der Waals surface area contributed by atoms with E-state index >= 15 is 0 Å². The van der Waals surface area contributed by atoms with Crippen LogP contribution in [0.25, 0.3) is 0 Å². The van der Waals surface area contributed by atoms with Crippen LogP contribution in [0.1, 0.15) is 6.42 Å². The molecule has 1 aliphatic rings. The third kappa shape index (κ3) is 3.66. The maximum atomic E-state index is 12.4. The van der Waals surface area contributed by atoms with E-state index in [0.29, 0.717) is 26.4 Å². The van der Waals surface area contributed by atoms with Crippen molar-refractivity contribution in [3.8, 4) is 0 Å². The highest BCUT2D eigenvalue weighted by atomic mass is 35.5. The molecule has 1 heterocycles. The monoisotopic (exact) mass is 382 g/mol. The summed E-state index contributed by atoms with van der Waals surface area (Å²) in [7, 11) is 0. The van der Waals surface area contributed by atoms with E-state index in [1.165, 1.54) is 4.90 Å². The smallest absolute Gasteiger partial charge is 0.229 e. The molecule has 0 aliphatic carbocycles. The summed E-state index contributed by atoms with van der Waals surface area (Å²) in [6.45, 7) is 0.262. The molecule has 1 saturated heterocycles. The van der Waals surface area contributed by atoms with Gasteiger partial charge in [0.2, 0.25) is 11.8 Å². The molecule has 0 spiro atoms. The lowest BCUT2D eigenvalue weighted by atomic mass is 10.1. The molecule has 4 nitrogen and oxygen atoms in total. The average molecular weight is 384 g/mol. The van der Waals surface area contributed by atoms with Gasteiger partial charge in [-0.15, -0.1) is 0 Å². The first-order valence-electron chi connectivity index (χ1n) is 7.26. The summed E-state index contributed by atoms with van der Waals surface area (Å²) in [6.07, 6.45) is 0.127. The molecule has 2 amide bonds. The Balaban J connectivity index is 1.73. The largest absolute Gasteiger partial charge is 0.326 e. The normalized spacial score (nSPS) is 17.2. The number of benzene rings is 2. The topological polar surface area (TPSA) is 49.4 Å². The lowest BCUT2D eigenvalue weighted by molar-refractivity contribution is -0.122. The summed E-state index contributed by atoms with van der Waals surface area (Å²) in [4.78, 5) is 26.2. The highest BCUT2D eigenvalue weighted by Gasteiger charge is 2.36. The van der Waals surface area contributed by atoms with Crippen molar-refractivity contribution < 1.29 is 9.59 Å². The van der Waals surface area contributed by atoms with Gasteiger partial charge in [0.05, 0.1) is 16.6 Å². The van der Waals surface area contributed by atoms with Crippen molar-refractivity contribution in [3.05, 3.63) is 57.5 Å². The molecular formula is C17H13Cl3N2O2. The standard InChI is InChI=1S/C17H13Cl3N2O2/c18-11-1-4-13(5-2-11)21-17(24)10-7-16(23)22(9-10)15-8-12(19)3-6-14(15)20/h1-6,8,10H,7,9H2,(H,21,24)/t10-/m1/s1. The van der Waals surface area contributed by atoms with Crippen molar-refractivity contribution in [2.75, 3.05) is 16.8 Å². The van der Waals surface area contributed by atoms with Crippen LogP contribution in [0.5, 0.6) is 0 Å². The van der Waals surface area contributed by atoms with E-state index in [2.05, 4.69) is 5.32 Å². The second-order valence-corrected chi connectivity index (χ2v) is 6.78. The number of carbonyl (C=O) groups is 2. The molecule has 0 bridgehead atoms. The van der Waals surface area contributed by atoms with Gasteiger partial charge in [0, 0.05) is 28.7 Å². The van der Waals surface area contributed by atoms with Crippen LogP contribution >= 0.6 is 34.8 Å². The molecule has 0 aromatic heterocycles. The zero-order chi connectivity index (χ0) is 17.3. The van der Waals surface area contributed by atoms with Gasteiger partial charge in [0.1, 0.15) is 0 Å². The highest BCUT2D eigenvalue weighted by Crippen LogP contribution is 2.33. The molecule has 1 aliphatic heterocycles. The van der Waals surface area contributed by atoms with Gasteiger partial charge < -0.3 is 10.2 Å². The van der Waals surface area contributed by atoms with E-state index in [-0.39, 0.29) is 24.8 Å². The van der Waals surface area contributed by atoms with Gasteiger partial charge in [-0.05, 0) is 42.5 Å². The first-order valence-corrected chi connectivity index (χ1v) is 8.39. The summed E-state index contributed by atoms with van der Waals surface area (Å²) in [5.74, 6) is -0.829. The van der Waals surface area contributed by atoms with Crippen LogP contribution in [0, 0.1) is 5.92 Å². The minimum atomic E-state index is -0.455. The SMILES string of the molecule is O=C(Nc1ccc(Cl)cc1)[C@@H]1CC(=O)N(c2cc(Cl)ccc2Cl)C1. The Labute approximate surface area is 154 Å². The third-order valence-corrected chi connectivity index (χ3v) is 4.61. The summed E-state index contributed by atoms with van der Waals surface area (Å²) in [5.41, 5.74) is 1.16. The van der Waals surface area contributed by atoms with E-state index in [1.807, 2.05) is 0 Å². The van der Waals surface area contributed by atoms with Crippen molar-refractivity contribution in [2.24, 2.45) is 5.92 Å². The van der Waals surface area contributed by atoms with Gasteiger partial charge in [-0.2, -0.15) is 0 Å². The fourth-order valence-corrected chi connectivity index (χ4v) is 3.10. The van der Waals surface area contributed by atoms with Crippen molar-refractivity contribution in [2.45, 2.75) is 6.42 Å². The number of rotatable bonds is 3. The van der Waals surface area contributed by atoms with Crippen LogP contribution in [0.2, 0.25) is 15.1 Å². The molecule has 0 unspecified atom stereocenters. The quantitative estimate of drug-likeness (QED) is 0.839. The lowest BCUT2D eigenvalue weighted by Crippen LogP contribution is -2.28. The zero-order valence-electron chi connectivity index (χ0n) is 12.4. The number of carbonyl (C=O) groups excluding carboxylic acids is 2. The zero-order valence-corrected chi connectivity index (χ0v) is 14.7. The molecule has 2 aromatic rings. The second-order valence-electron chi connectivity index (χ2n) is 5.50. The number of amides is 2. The fraction of sp³-hybridized carbons (Fsp3) is 0.176. The predicted molar refractivity (Wildman–Crippen MR) is 97.0 cm³/mol. The van der Waals surface area contributed by atoms with Crippen LogP contribution in [0.15, 0.2) is 42.5 Å². The minimum Gasteiger partial charge on any atom is -0.326 e. The van der Waals surface area contributed by atoms with Gasteiger partial charge >= 0.3 is 0 Å². The van der Waals surface area contributed by atoms with Crippen LogP contribution in [0.4, 0.5) is 11.4 Å². The van der Waals surface area contributed by atoms with Gasteiger partial charge in [0.25, 0.3) is 0 Å². The third-order valence-electron chi connectivity index (χ3n) is 3.81. The molecule has 1 atom stereocenters. The molecule has 3 rings (SSSR count). The van der Waals surface area contributed by atoms with E-state index in [0.717, 1.165) is 0 Å². The van der Waals surface area contributed by atoms with Gasteiger partial charge in [-0.3, -0.25) is 9.59 Å². The number of nitrogens with zero attached hydrogens (tertiary/aromatic N) is 1. The molecular weight excluding hydrogens is 371 g/mol. The Hall–Kier alpha value is -1.75. The molecule has 124 valence electrons.